The summed E-state index contributed by atoms with van der Waals surface area (Å²) in [5.41, 5.74) is 6.46. The van der Waals surface area contributed by atoms with E-state index in [4.69, 9.17) is 22.7 Å². The van der Waals surface area contributed by atoms with Crippen LogP contribution in [0.3, 0.4) is 0 Å². The Kier molecular flexibility index (Phi) is 3.77. The quantitative estimate of drug-likeness (QED) is 0.777. The molecule has 3 atom stereocenters. The Balaban J connectivity index is 1.91. The molecule has 2 aliphatic rings. The van der Waals surface area contributed by atoms with E-state index >= 15 is 0 Å². The van der Waals surface area contributed by atoms with Crippen LogP contribution in [0.15, 0.2) is 0 Å². The molecule has 2 fully saturated rings. The van der Waals surface area contributed by atoms with Crippen LogP contribution in [0, 0.1) is 22.2 Å². The fourth-order valence-electron chi connectivity index (χ4n) is 3.96. The number of hydrogen-bond acceptors (Lipinski definition) is 2. The zero-order valence-corrected chi connectivity index (χ0v) is 13.9. The first-order valence-electron chi connectivity index (χ1n) is 7.53. The van der Waals surface area contributed by atoms with Crippen LogP contribution in [0.1, 0.15) is 60.3 Å². The Bertz CT molecular complexity index is 377. The van der Waals surface area contributed by atoms with Gasteiger partial charge in [-0.25, -0.2) is 0 Å². The maximum atomic E-state index is 6.25. The molecule has 0 amide bonds. The van der Waals surface area contributed by atoms with E-state index in [2.05, 4.69) is 34.6 Å². The smallest absolute Gasteiger partial charge is 0.0785 e. The fraction of sp³-hybridized carbons (Fsp3) is 0.938. The van der Waals surface area contributed by atoms with E-state index in [-0.39, 0.29) is 5.41 Å². The van der Waals surface area contributed by atoms with Crippen molar-refractivity contribution in [1.29, 1.82) is 0 Å². The van der Waals surface area contributed by atoms with Crippen molar-refractivity contribution in [3.05, 3.63) is 0 Å². The first-order chi connectivity index (χ1) is 8.61. The van der Waals surface area contributed by atoms with Gasteiger partial charge in [0.15, 0.2) is 0 Å². The highest BCUT2D eigenvalue weighted by Crippen LogP contribution is 2.66. The number of rotatable bonds is 5. The second-order valence-electron chi connectivity index (χ2n) is 7.97. The van der Waals surface area contributed by atoms with Crippen molar-refractivity contribution in [2.24, 2.45) is 27.9 Å². The number of nitrogens with two attached hydrogens (primary N) is 1. The van der Waals surface area contributed by atoms with Crippen molar-refractivity contribution >= 4 is 17.2 Å². The molecular formula is C16H29NOS. The van der Waals surface area contributed by atoms with Gasteiger partial charge in [-0.05, 0) is 42.4 Å². The van der Waals surface area contributed by atoms with Crippen molar-refractivity contribution in [3.63, 3.8) is 0 Å². The summed E-state index contributed by atoms with van der Waals surface area (Å²) in [4.78, 5) is 0.593. The summed E-state index contributed by atoms with van der Waals surface area (Å²) in [6.45, 7) is 12.2. The minimum Gasteiger partial charge on any atom is -0.393 e. The molecule has 2 bridgehead atoms. The molecule has 2 N–H and O–H groups in total. The first kappa shape index (κ1) is 15.2. The highest BCUT2D eigenvalue weighted by molar-refractivity contribution is 7.80. The summed E-state index contributed by atoms with van der Waals surface area (Å²) >= 11 is 5.11. The van der Waals surface area contributed by atoms with E-state index in [0.717, 1.165) is 18.9 Å². The van der Waals surface area contributed by atoms with Gasteiger partial charge in [0.05, 0.1) is 11.1 Å². The molecule has 2 saturated carbocycles. The lowest BCUT2D eigenvalue weighted by molar-refractivity contribution is -0.0510. The molecule has 19 heavy (non-hydrogen) atoms. The number of fused-ring (bicyclic) bond motifs is 2. The van der Waals surface area contributed by atoms with Gasteiger partial charge < -0.3 is 10.5 Å². The van der Waals surface area contributed by atoms with Crippen LogP contribution in [0.25, 0.3) is 0 Å². The molecule has 2 aliphatic carbocycles. The van der Waals surface area contributed by atoms with Gasteiger partial charge in [-0.2, -0.15) is 0 Å². The average molecular weight is 283 g/mol. The van der Waals surface area contributed by atoms with E-state index in [0.29, 0.717) is 21.9 Å². The van der Waals surface area contributed by atoms with Crippen LogP contribution in [0.2, 0.25) is 0 Å². The molecule has 2 rings (SSSR count). The Hall–Kier alpha value is -0.150. The third-order valence-corrected chi connectivity index (χ3v) is 6.98. The van der Waals surface area contributed by atoms with Crippen LogP contribution in [-0.2, 0) is 4.74 Å². The van der Waals surface area contributed by atoms with Crippen LogP contribution in [-0.4, -0.2) is 17.7 Å². The van der Waals surface area contributed by atoms with Gasteiger partial charge in [0.1, 0.15) is 0 Å². The normalized spacial score (nSPS) is 36.7. The number of thiocarbonyl (C=S) groups is 1. The predicted molar refractivity (Wildman–Crippen MR) is 84.2 cm³/mol. The van der Waals surface area contributed by atoms with Crippen molar-refractivity contribution in [2.45, 2.75) is 66.4 Å². The highest BCUT2D eigenvalue weighted by atomic mass is 32.1. The van der Waals surface area contributed by atoms with Gasteiger partial charge in [0.25, 0.3) is 0 Å². The number of hydrogen-bond donors (Lipinski definition) is 1. The van der Waals surface area contributed by atoms with Crippen LogP contribution in [0.5, 0.6) is 0 Å². The monoisotopic (exact) mass is 283 g/mol. The highest BCUT2D eigenvalue weighted by Gasteiger charge is 2.61. The second-order valence-corrected chi connectivity index (χ2v) is 8.41. The molecule has 110 valence electrons. The number of ether oxygens (including phenoxy) is 1. The molecule has 2 nitrogen and oxygen atoms in total. The minimum atomic E-state index is -0.0939. The standard InChI is InChI=1S/C16H29NOS/c1-14(2,13(17)19)8-9-18-12-10-11-6-7-16(12,5)15(11,3)4/h11-12H,6-10H2,1-5H3,(H2,17,19). The largest absolute Gasteiger partial charge is 0.393 e. The molecule has 0 aromatic carbocycles. The summed E-state index contributed by atoms with van der Waals surface area (Å²) in [7, 11) is 0. The summed E-state index contributed by atoms with van der Waals surface area (Å²) in [5.74, 6) is 0.839. The Labute approximate surface area is 123 Å². The average Bonchev–Trinajstić information content (AvgIpc) is 2.61. The Morgan fingerprint density at radius 2 is 2.00 bits per heavy atom. The molecular weight excluding hydrogens is 254 g/mol. The van der Waals surface area contributed by atoms with E-state index in [9.17, 15) is 0 Å². The lowest BCUT2D eigenvalue weighted by Gasteiger charge is -2.39. The maximum absolute atomic E-state index is 6.25. The zero-order valence-electron chi connectivity index (χ0n) is 13.1. The predicted octanol–water partition coefficient (Wildman–Crippen LogP) is 3.92. The minimum absolute atomic E-state index is 0.0939. The van der Waals surface area contributed by atoms with Crippen LogP contribution in [0.4, 0.5) is 0 Å². The summed E-state index contributed by atoms with van der Waals surface area (Å²) < 4.78 is 6.25. The lowest BCUT2D eigenvalue weighted by atomic mass is 9.70. The molecule has 0 aromatic heterocycles. The van der Waals surface area contributed by atoms with E-state index in [1.165, 1.54) is 19.3 Å². The third-order valence-electron chi connectivity index (χ3n) is 6.43. The van der Waals surface area contributed by atoms with Gasteiger partial charge in [-0.3, -0.25) is 0 Å². The van der Waals surface area contributed by atoms with Crippen molar-refractivity contribution in [3.8, 4) is 0 Å². The zero-order chi connectivity index (χ0) is 14.5. The van der Waals surface area contributed by atoms with Gasteiger partial charge in [-0.1, -0.05) is 46.8 Å². The molecule has 3 unspecified atom stereocenters. The molecule has 3 heteroatoms. The van der Waals surface area contributed by atoms with Crippen LogP contribution < -0.4 is 5.73 Å². The van der Waals surface area contributed by atoms with E-state index in [1.54, 1.807) is 0 Å². The molecule has 0 saturated heterocycles. The van der Waals surface area contributed by atoms with Gasteiger partial charge in [0, 0.05) is 12.0 Å². The summed E-state index contributed by atoms with van der Waals surface area (Å²) in [6.07, 6.45) is 5.26. The Morgan fingerprint density at radius 1 is 1.37 bits per heavy atom. The SMILES string of the molecule is CC(C)(CCOC1CC2CCC1(C)C2(C)C)C(N)=S. The molecule has 0 aromatic rings. The molecule has 0 radical (unpaired) electrons. The van der Waals surface area contributed by atoms with Crippen molar-refractivity contribution < 1.29 is 4.74 Å². The molecule has 0 aliphatic heterocycles. The summed E-state index contributed by atoms with van der Waals surface area (Å²) in [6, 6.07) is 0. The van der Waals surface area contributed by atoms with Crippen molar-refractivity contribution in [2.75, 3.05) is 6.61 Å². The van der Waals surface area contributed by atoms with E-state index < -0.39 is 0 Å². The van der Waals surface area contributed by atoms with Crippen molar-refractivity contribution in [1.82, 2.24) is 0 Å². The van der Waals surface area contributed by atoms with Gasteiger partial charge >= 0.3 is 0 Å². The van der Waals surface area contributed by atoms with Gasteiger partial charge in [-0.15, -0.1) is 0 Å². The van der Waals surface area contributed by atoms with Crippen LogP contribution >= 0.6 is 12.2 Å². The summed E-state index contributed by atoms with van der Waals surface area (Å²) in [5, 5.41) is 0. The van der Waals surface area contributed by atoms with E-state index in [1.807, 2.05) is 0 Å². The Morgan fingerprint density at radius 3 is 2.42 bits per heavy atom. The third kappa shape index (κ3) is 2.33. The maximum Gasteiger partial charge on any atom is 0.0785 e. The second kappa shape index (κ2) is 4.70. The van der Waals surface area contributed by atoms with Gasteiger partial charge in [0.2, 0.25) is 0 Å². The lowest BCUT2D eigenvalue weighted by Crippen LogP contribution is -2.38. The fourth-order valence-corrected chi connectivity index (χ4v) is 4.06. The first-order valence-corrected chi connectivity index (χ1v) is 7.93. The molecule has 0 heterocycles. The molecule has 0 spiro atoms. The topological polar surface area (TPSA) is 35.2 Å².